The van der Waals surface area contributed by atoms with E-state index in [2.05, 4.69) is 37.3 Å². The van der Waals surface area contributed by atoms with Crippen LogP contribution in [0, 0.1) is 0 Å². The van der Waals surface area contributed by atoms with Gasteiger partial charge >= 0.3 is 0 Å². The minimum absolute atomic E-state index is 0.568. The second kappa shape index (κ2) is 6.25. The lowest BCUT2D eigenvalue weighted by molar-refractivity contribution is 0.781. The van der Waals surface area contributed by atoms with Gasteiger partial charge in [0.2, 0.25) is 0 Å². The fourth-order valence-corrected chi connectivity index (χ4v) is 1.34. The van der Waals surface area contributed by atoms with Gasteiger partial charge in [-0.25, -0.2) is 0 Å². The Bertz CT molecular complexity index is 298. The van der Waals surface area contributed by atoms with Gasteiger partial charge in [0, 0.05) is 0 Å². The molecule has 0 amide bonds. The van der Waals surface area contributed by atoms with Gasteiger partial charge in [-0.1, -0.05) is 55.5 Å². The van der Waals surface area contributed by atoms with Gasteiger partial charge in [-0.3, -0.25) is 0 Å². The van der Waals surface area contributed by atoms with Crippen LogP contribution in [0.4, 0.5) is 0 Å². The molecular weight excluding hydrogens is 167 g/mol. The van der Waals surface area contributed by atoms with Crippen LogP contribution in [0.15, 0.2) is 54.5 Å². The number of hydrogen-bond donors (Lipinski definition) is 0. The minimum atomic E-state index is 0.568. The average Bonchev–Trinajstić information content (AvgIpc) is 2.25. The largest absolute Gasteiger partial charge is 0.132 e. The van der Waals surface area contributed by atoms with Gasteiger partial charge < -0.3 is 0 Å². The molecule has 1 heteroatoms. The number of rotatable bonds is 4. The highest BCUT2D eigenvalue weighted by Crippen LogP contribution is 2.18. The summed E-state index contributed by atoms with van der Waals surface area (Å²) >= 11 is 0. The van der Waals surface area contributed by atoms with E-state index in [0.29, 0.717) is 5.92 Å². The van der Waals surface area contributed by atoms with Crippen LogP contribution in [0.25, 0.3) is 0 Å². The first-order chi connectivity index (χ1) is 6.84. The van der Waals surface area contributed by atoms with E-state index in [9.17, 15) is 0 Å². The van der Waals surface area contributed by atoms with E-state index in [1.54, 1.807) is 5.98 Å². The molecule has 1 rings (SSSR count). The van der Waals surface area contributed by atoms with Crippen LogP contribution in [-0.4, -0.2) is 7.85 Å². The lowest BCUT2D eigenvalue weighted by Gasteiger charge is -2.07. The molecule has 1 aromatic rings. The molecule has 0 aliphatic heterocycles. The Morgan fingerprint density at radius 1 is 1.21 bits per heavy atom. The summed E-state index contributed by atoms with van der Waals surface area (Å²) in [6.45, 7) is 2.23. The maximum atomic E-state index is 5.22. The third kappa shape index (κ3) is 3.65. The first kappa shape index (κ1) is 10.8. The van der Waals surface area contributed by atoms with E-state index < -0.39 is 0 Å². The quantitative estimate of drug-likeness (QED) is 0.494. The lowest BCUT2D eigenvalue weighted by Crippen LogP contribution is -1.90. The molecule has 70 valence electrons. The normalized spacial score (nSPS) is 13.8. The smallest absolute Gasteiger partial charge is 0.102 e. The van der Waals surface area contributed by atoms with Gasteiger partial charge in [0.25, 0.3) is 0 Å². The van der Waals surface area contributed by atoms with Crippen LogP contribution in [0.3, 0.4) is 0 Å². The molecule has 14 heavy (non-hydrogen) atoms. The summed E-state index contributed by atoms with van der Waals surface area (Å²) in [5.74, 6) is 2.11. The summed E-state index contributed by atoms with van der Waals surface area (Å²) in [6.07, 6.45) is 7.02. The number of allylic oxidation sites excluding steroid dienone is 3. The topological polar surface area (TPSA) is 0 Å². The van der Waals surface area contributed by atoms with Gasteiger partial charge in [0.15, 0.2) is 0 Å². The van der Waals surface area contributed by atoms with Crippen LogP contribution >= 0.6 is 0 Å². The van der Waals surface area contributed by atoms with E-state index in [1.165, 1.54) is 5.56 Å². The zero-order valence-electron chi connectivity index (χ0n) is 8.56. The molecule has 0 aromatic heterocycles. The van der Waals surface area contributed by atoms with Crippen LogP contribution in [0.2, 0.25) is 0 Å². The van der Waals surface area contributed by atoms with E-state index in [1.807, 2.05) is 18.2 Å². The molecule has 0 aliphatic rings. The predicted octanol–water partition coefficient (Wildman–Crippen LogP) is 3.42. The second-order valence-electron chi connectivity index (χ2n) is 3.36. The van der Waals surface area contributed by atoms with E-state index in [4.69, 9.17) is 7.85 Å². The molecule has 1 unspecified atom stereocenters. The molecule has 0 spiro atoms. The first-order valence-corrected chi connectivity index (χ1v) is 4.93. The van der Waals surface area contributed by atoms with Crippen molar-refractivity contribution >= 4 is 7.85 Å². The Kier molecular flexibility index (Phi) is 4.84. The van der Waals surface area contributed by atoms with Crippen molar-refractivity contribution in [2.75, 3.05) is 0 Å². The Hall–Kier alpha value is -1.24. The molecule has 0 fully saturated rings. The summed E-state index contributed by atoms with van der Waals surface area (Å²) in [5, 5.41) is 0. The highest BCUT2D eigenvalue weighted by molar-refractivity contribution is 6.17. The zero-order valence-corrected chi connectivity index (χ0v) is 8.56. The summed E-state index contributed by atoms with van der Waals surface area (Å²) in [6, 6.07) is 10.5. The summed E-state index contributed by atoms with van der Waals surface area (Å²) < 4.78 is 0. The Labute approximate surface area is 87.8 Å². The van der Waals surface area contributed by atoms with Crippen molar-refractivity contribution in [1.29, 1.82) is 0 Å². The second-order valence-corrected chi connectivity index (χ2v) is 3.36. The summed E-state index contributed by atoms with van der Waals surface area (Å²) in [7, 11) is 5.22. The van der Waals surface area contributed by atoms with Crippen molar-refractivity contribution < 1.29 is 0 Å². The van der Waals surface area contributed by atoms with Crippen LogP contribution in [0.5, 0.6) is 0 Å². The van der Waals surface area contributed by atoms with Crippen molar-refractivity contribution in [3.63, 3.8) is 0 Å². The summed E-state index contributed by atoms with van der Waals surface area (Å²) in [5.41, 5.74) is 1.38. The van der Waals surface area contributed by atoms with Gasteiger partial charge in [-0.05, 0) is 17.9 Å². The Morgan fingerprint density at radius 3 is 2.57 bits per heavy atom. The molecule has 1 atom stereocenters. The standard InChI is InChI=1S/C13H15B/c1-12(8-4-3-7-11-14)13-9-5-2-6-10-13/h2-7,9-12H,8H2,1H3/b4-3-,11-7-. The molecule has 0 nitrogen and oxygen atoms in total. The van der Waals surface area contributed by atoms with Crippen molar-refractivity contribution in [3.05, 3.63) is 60.1 Å². The van der Waals surface area contributed by atoms with Gasteiger partial charge in [0.1, 0.15) is 7.85 Å². The third-order valence-electron chi connectivity index (χ3n) is 2.22. The Balaban J connectivity index is 2.47. The van der Waals surface area contributed by atoms with E-state index >= 15 is 0 Å². The van der Waals surface area contributed by atoms with Crippen molar-refractivity contribution in [1.82, 2.24) is 0 Å². The Morgan fingerprint density at radius 2 is 1.93 bits per heavy atom. The molecule has 0 saturated carbocycles. The first-order valence-electron chi connectivity index (χ1n) is 4.93. The zero-order chi connectivity index (χ0) is 10.2. The highest BCUT2D eigenvalue weighted by atomic mass is 14.1. The number of hydrogen-bond acceptors (Lipinski definition) is 0. The molecule has 0 aliphatic carbocycles. The summed E-state index contributed by atoms with van der Waals surface area (Å²) in [4.78, 5) is 0. The average molecular weight is 182 g/mol. The van der Waals surface area contributed by atoms with Crippen LogP contribution < -0.4 is 0 Å². The van der Waals surface area contributed by atoms with Gasteiger partial charge in [0.05, 0.1) is 0 Å². The van der Waals surface area contributed by atoms with Crippen molar-refractivity contribution in [2.24, 2.45) is 0 Å². The third-order valence-corrected chi connectivity index (χ3v) is 2.22. The minimum Gasteiger partial charge on any atom is -0.132 e. The molecular formula is C13H15B. The highest BCUT2D eigenvalue weighted by Gasteiger charge is 2.00. The SMILES string of the molecule is [B]/C=C\C=C/CC(C)c1ccccc1. The predicted molar refractivity (Wildman–Crippen MR) is 63.5 cm³/mol. The maximum Gasteiger partial charge on any atom is 0.102 e. The lowest BCUT2D eigenvalue weighted by atomic mass is 9.98. The monoisotopic (exact) mass is 182 g/mol. The van der Waals surface area contributed by atoms with Gasteiger partial charge in [-0.15, -0.1) is 5.98 Å². The van der Waals surface area contributed by atoms with Crippen LogP contribution in [-0.2, 0) is 0 Å². The molecule has 0 N–H and O–H groups in total. The van der Waals surface area contributed by atoms with Crippen LogP contribution in [0.1, 0.15) is 24.8 Å². The fraction of sp³-hybridized carbons (Fsp3) is 0.231. The molecule has 1 aromatic carbocycles. The molecule has 2 radical (unpaired) electrons. The number of benzene rings is 1. The fourth-order valence-electron chi connectivity index (χ4n) is 1.34. The van der Waals surface area contributed by atoms with Crippen molar-refractivity contribution in [2.45, 2.75) is 19.3 Å². The maximum absolute atomic E-state index is 5.22. The molecule has 0 saturated heterocycles. The van der Waals surface area contributed by atoms with Gasteiger partial charge in [-0.2, -0.15) is 0 Å². The molecule has 0 heterocycles. The van der Waals surface area contributed by atoms with E-state index in [-0.39, 0.29) is 0 Å². The van der Waals surface area contributed by atoms with E-state index in [0.717, 1.165) is 6.42 Å². The van der Waals surface area contributed by atoms with Crippen molar-refractivity contribution in [3.8, 4) is 0 Å². The molecule has 0 bridgehead atoms.